The van der Waals surface area contributed by atoms with Gasteiger partial charge < -0.3 is 19.7 Å². The maximum absolute atomic E-state index is 13.8. The van der Waals surface area contributed by atoms with Gasteiger partial charge in [0.1, 0.15) is 6.04 Å². The Bertz CT molecular complexity index is 1080. The van der Waals surface area contributed by atoms with Crippen LogP contribution < -0.4 is 14.8 Å². The molecule has 2 aromatic heterocycles. The van der Waals surface area contributed by atoms with Gasteiger partial charge in [0.05, 0.1) is 27.2 Å². The number of carbonyl (C=O) groups excluding carboxylic acids is 2. The molecule has 0 spiro atoms. The van der Waals surface area contributed by atoms with E-state index in [1.165, 1.54) is 0 Å². The molecule has 3 aromatic rings. The van der Waals surface area contributed by atoms with Crippen LogP contribution in [0.2, 0.25) is 0 Å². The molecule has 0 bridgehead atoms. The highest BCUT2D eigenvalue weighted by Gasteiger charge is 2.36. The van der Waals surface area contributed by atoms with E-state index in [9.17, 15) is 9.59 Å². The molecule has 1 fully saturated rings. The second-order valence-electron chi connectivity index (χ2n) is 8.33. The largest absolute Gasteiger partial charge is 0.493 e. The van der Waals surface area contributed by atoms with Crippen molar-refractivity contribution in [1.29, 1.82) is 0 Å². The molecule has 0 radical (unpaired) electrons. The van der Waals surface area contributed by atoms with Crippen LogP contribution in [-0.2, 0) is 22.6 Å². The molecule has 180 valence electrons. The molecule has 0 aliphatic heterocycles. The zero-order valence-corrected chi connectivity index (χ0v) is 21.1. The lowest BCUT2D eigenvalue weighted by molar-refractivity contribution is -0.141. The number of benzene rings is 1. The Balaban J connectivity index is 1.76. The maximum atomic E-state index is 13.8. The Morgan fingerprint density at radius 1 is 1.00 bits per heavy atom. The molecule has 1 aliphatic carbocycles. The van der Waals surface area contributed by atoms with E-state index in [0.29, 0.717) is 23.6 Å². The Labute approximate surface area is 208 Å². The summed E-state index contributed by atoms with van der Waals surface area (Å²) >= 11 is 3.11. The van der Waals surface area contributed by atoms with E-state index >= 15 is 0 Å². The molecule has 8 heteroatoms. The number of hydrogen-bond donors (Lipinski definition) is 1. The van der Waals surface area contributed by atoms with Crippen LogP contribution in [0.3, 0.4) is 0 Å². The first-order valence-corrected chi connectivity index (χ1v) is 13.2. The summed E-state index contributed by atoms with van der Waals surface area (Å²) < 4.78 is 11.2. The van der Waals surface area contributed by atoms with Gasteiger partial charge in [-0.2, -0.15) is 0 Å². The number of thiophene rings is 2. The average Bonchev–Trinajstić information content (AvgIpc) is 3.63. The first-order chi connectivity index (χ1) is 16.6. The van der Waals surface area contributed by atoms with Crippen molar-refractivity contribution in [2.24, 2.45) is 0 Å². The molecule has 1 saturated carbocycles. The molecular weight excluding hydrogens is 468 g/mol. The predicted octanol–water partition coefficient (Wildman–Crippen LogP) is 5.20. The monoisotopic (exact) mass is 498 g/mol. The van der Waals surface area contributed by atoms with E-state index in [1.54, 1.807) is 47.9 Å². The lowest BCUT2D eigenvalue weighted by Crippen LogP contribution is -2.46. The highest BCUT2D eigenvalue weighted by molar-refractivity contribution is 7.10. The van der Waals surface area contributed by atoms with Gasteiger partial charge in [0.25, 0.3) is 0 Å². The van der Waals surface area contributed by atoms with E-state index in [0.717, 1.165) is 35.4 Å². The molecule has 1 aliphatic rings. The summed E-state index contributed by atoms with van der Waals surface area (Å²) in [6, 6.07) is 12.6. The van der Waals surface area contributed by atoms with Crippen LogP contribution in [0.1, 0.15) is 47.0 Å². The van der Waals surface area contributed by atoms with Crippen molar-refractivity contribution < 1.29 is 19.1 Å². The number of hydrogen-bond acceptors (Lipinski definition) is 6. The molecule has 34 heavy (non-hydrogen) atoms. The third-order valence-electron chi connectivity index (χ3n) is 6.12. The number of amides is 2. The van der Waals surface area contributed by atoms with Crippen molar-refractivity contribution in [2.75, 3.05) is 14.2 Å². The highest BCUT2D eigenvalue weighted by Crippen LogP contribution is 2.38. The van der Waals surface area contributed by atoms with Crippen molar-refractivity contribution in [3.63, 3.8) is 0 Å². The summed E-state index contributed by atoms with van der Waals surface area (Å²) in [7, 11) is 3.13. The van der Waals surface area contributed by atoms with Gasteiger partial charge >= 0.3 is 0 Å². The van der Waals surface area contributed by atoms with Gasteiger partial charge in [-0.15, -0.1) is 22.7 Å². The Hall–Kier alpha value is -2.84. The predicted molar refractivity (Wildman–Crippen MR) is 136 cm³/mol. The van der Waals surface area contributed by atoms with Gasteiger partial charge in [-0.1, -0.05) is 37.1 Å². The van der Waals surface area contributed by atoms with E-state index in [2.05, 4.69) is 5.32 Å². The van der Waals surface area contributed by atoms with Gasteiger partial charge in [0.2, 0.25) is 11.8 Å². The zero-order chi connectivity index (χ0) is 23.9. The van der Waals surface area contributed by atoms with Gasteiger partial charge in [-0.25, -0.2) is 0 Å². The topological polar surface area (TPSA) is 67.9 Å². The first-order valence-electron chi connectivity index (χ1n) is 11.5. The van der Waals surface area contributed by atoms with E-state index in [-0.39, 0.29) is 24.3 Å². The highest BCUT2D eigenvalue weighted by atomic mass is 32.1. The fraction of sp³-hybridized carbons (Fsp3) is 0.385. The van der Waals surface area contributed by atoms with Crippen LogP contribution in [0.15, 0.2) is 53.2 Å². The third-order valence-corrected chi connectivity index (χ3v) is 7.86. The second-order valence-corrected chi connectivity index (χ2v) is 10.4. The molecule has 0 saturated heterocycles. The quantitative estimate of drug-likeness (QED) is 0.417. The smallest absolute Gasteiger partial charge is 0.247 e. The molecule has 4 rings (SSSR count). The molecule has 1 aromatic carbocycles. The number of methoxy groups -OCH3 is 2. The van der Waals surface area contributed by atoms with Crippen molar-refractivity contribution in [1.82, 2.24) is 10.2 Å². The summed E-state index contributed by atoms with van der Waals surface area (Å²) in [5.74, 6) is 0.707. The SMILES string of the molecule is COc1cccc([C@H](C(=O)NC2CCCC2)N(Cc2cccs2)C(=O)Cc2cccs2)c1OC. The number of ether oxygens (including phenoxy) is 2. The van der Waals surface area contributed by atoms with Gasteiger partial charge in [-0.05, 0) is 41.8 Å². The van der Waals surface area contributed by atoms with Gasteiger partial charge in [0, 0.05) is 21.4 Å². The molecule has 0 unspecified atom stereocenters. The first kappa shape index (κ1) is 24.3. The zero-order valence-electron chi connectivity index (χ0n) is 19.5. The molecule has 2 amide bonds. The van der Waals surface area contributed by atoms with Crippen LogP contribution in [0.25, 0.3) is 0 Å². The third kappa shape index (κ3) is 5.62. The van der Waals surface area contributed by atoms with E-state index in [4.69, 9.17) is 9.47 Å². The normalized spacial score (nSPS) is 14.5. The van der Waals surface area contributed by atoms with Crippen LogP contribution in [0.5, 0.6) is 11.5 Å². The minimum Gasteiger partial charge on any atom is -0.493 e. The number of nitrogens with one attached hydrogen (secondary N) is 1. The Morgan fingerprint density at radius 2 is 1.71 bits per heavy atom. The standard InChI is InChI=1S/C26H30N2O4S2/c1-31-22-13-5-12-21(25(22)32-2)24(26(30)27-18-8-3-4-9-18)28(17-20-11-7-15-34-20)23(29)16-19-10-6-14-33-19/h5-7,10-15,18,24H,3-4,8-9,16-17H2,1-2H3,(H,27,30)/t24-/m1/s1. The maximum Gasteiger partial charge on any atom is 0.247 e. The number of carbonyl (C=O) groups is 2. The van der Waals surface area contributed by atoms with Crippen molar-refractivity contribution in [3.05, 3.63) is 68.5 Å². The molecule has 6 nitrogen and oxygen atoms in total. The lowest BCUT2D eigenvalue weighted by atomic mass is 10.0. The van der Waals surface area contributed by atoms with E-state index < -0.39 is 6.04 Å². The van der Waals surface area contributed by atoms with Crippen molar-refractivity contribution in [2.45, 2.75) is 50.7 Å². The second kappa shape index (κ2) is 11.5. The van der Waals surface area contributed by atoms with Gasteiger partial charge in [-0.3, -0.25) is 9.59 Å². The molecule has 1 atom stereocenters. The molecule has 1 N–H and O–H groups in total. The lowest BCUT2D eigenvalue weighted by Gasteiger charge is -2.33. The Morgan fingerprint density at radius 3 is 2.32 bits per heavy atom. The summed E-state index contributed by atoms with van der Waals surface area (Å²) in [6.07, 6.45) is 4.37. The summed E-state index contributed by atoms with van der Waals surface area (Å²) in [4.78, 5) is 31.2. The summed E-state index contributed by atoms with van der Waals surface area (Å²) in [5.41, 5.74) is 0.619. The van der Waals surface area contributed by atoms with Crippen molar-refractivity contribution in [3.8, 4) is 11.5 Å². The van der Waals surface area contributed by atoms with Crippen LogP contribution >= 0.6 is 22.7 Å². The minimum atomic E-state index is -0.847. The average molecular weight is 499 g/mol. The summed E-state index contributed by atoms with van der Waals surface area (Å²) in [6.45, 7) is 0.338. The van der Waals surface area contributed by atoms with Crippen LogP contribution in [0.4, 0.5) is 0 Å². The van der Waals surface area contributed by atoms with Gasteiger partial charge in [0.15, 0.2) is 11.5 Å². The number of rotatable bonds is 10. The fourth-order valence-corrected chi connectivity index (χ4v) is 5.88. The fourth-order valence-electron chi connectivity index (χ4n) is 4.49. The number of para-hydroxylation sites is 1. The van der Waals surface area contributed by atoms with E-state index in [1.807, 2.05) is 47.2 Å². The van der Waals surface area contributed by atoms with Crippen LogP contribution in [0, 0.1) is 0 Å². The van der Waals surface area contributed by atoms with Crippen LogP contribution in [-0.4, -0.2) is 37.0 Å². The molecular formula is C26H30N2O4S2. The van der Waals surface area contributed by atoms with Crippen molar-refractivity contribution >= 4 is 34.5 Å². The molecule has 2 heterocycles. The summed E-state index contributed by atoms with van der Waals surface area (Å²) in [5, 5.41) is 7.16. The Kier molecular flexibility index (Phi) is 8.24. The minimum absolute atomic E-state index is 0.104. The number of nitrogens with zero attached hydrogens (tertiary/aromatic N) is 1.